The lowest BCUT2D eigenvalue weighted by molar-refractivity contribution is 0.605. The summed E-state index contributed by atoms with van der Waals surface area (Å²) in [6, 6.07) is 0. The van der Waals surface area contributed by atoms with Crippen molar-refractivity contribution in [2.75, 3.05) is 25.5 Å². The number of hydrogen-bond donors (Lipinski definition) is 2. The van der Waals surface area contributed by atoms with Crippen molar-refractivity contribution in [2.24, 2.45) is 0 Å². The number of aromatic nitrogens is 2. The van der Waals surface area contributed by atoms with Gasteiger partial charge in [0.1, 0.15) is 12.1 Å². The van der Waals surface area contributed by atoms with E-state index in [2.05, 4.69) is 20.6 Å². The molecular weight excluding hydrogens is 176 g/mol. The van der Waals surface area contributed by atoms with Crippen LogP contribution in [0.4, 0.5) is 5.82 Å². The highest BCUT2D eigenvalue weighted by Gasteiger charge is 2.22. The molecule has 1 aliphatic heterocycles. The number of anilines is 1. The van der Waals surface area contributed by atoms with E-state index in [9.17, 15) is 0 Å². The fourth-order valence-electron chi connectivity index (χ4n) is 1.90. The van der Waals surface area contributed by atoms with Crippen molar-refractivity contribution in [1.82, 2.24) is 15.3 Å². The Hall–Kier alpha value is -1.16. The summed E-state index contributed by atoms with van der Waals surface area (Å²) in [4.78, 5) is 8.27. The smallest absolute Gasteiger partial charge is 0.132 e. The standard InChI is InChI=1S/C10H16N4/c1-11-4-2-3-8-5-13-10-9(8)6-12-7-14-10/h6-8,11H,2-5H2,1H3,(H,12,13,14). The lowest BCUT2D eigenvalue weighted by atomic mass is 9.99. The molecule has 0 saturated carbocycles. The van der Waals surface area contributed by atoms with Crippen LogP contribution in [-0.4, -0.2) is 30.1 Å². The minimum Gasteiger partial charge on any atom is -0.369 e. The Morgan fingerprint density at radius 2 is 2.57 bits per heavy atom. The molecule has 1 atom stereocenters. The molecule has 0 fully saturated rings. The largest absolute Gasteiger partial charge is 0.369 e. The Balaban J connectivity index is 1.96. The van der Waals surface area contributed by atoms with Gasteiger partial charge in [-0.3, -0.25) is 0 Å². The van der Waals surface area contributed by atoms with Crippen LogP contribution in [0.3, 0.4) is 0 Å². The fraction of sp³-hybridized carbons (Fsp3) is 0.600. The maximum atomic E-state index is 4.20. The van der Waals surface area contributed by atoms with Crippen molar-refractivity contribution in [3.8, 4) is 0 Å². The Labute approximate surface area is 84.2 Å². The zero-order valence-corrected chi connectivity index (χ0v) is 8.45. The van der Waals surface area contributed by atoms with E-state index in [0.717, 1.165) is 18.9 Å². The van der Waals surface area contributed by atoms with Crippen LogP contribution in [0.1, 0.15) is 24.3 Å². The van der Waals surface area contributed by atoms with Gasteiger partial charge in [0.2, 0.25) is 0 Å². The summed E-state index contributed by atoms with van der Waals surface area (Å²) in [5.41, 5.74) is 1.28. The van der Waals surface area contributed by atoms with Crippen LogP contribution >= 0.6 is 0 Å². The van der Waals surface area contributed by atoms with Crippen LogP contribution in [0, 0.1) is 0 Å². The third-order valence-corrected chi connectivity index (χ3v) is 2.68. The van der Waals surface area contributed by atoms with E-state index in [1.54, 1.807) is 6.33 Å². The Bertz CT molecular complexity index is 300. The first-order valence-corrected chi connectivity index (χ1v) is 5.10. The fourth-order valence-corrected chi connectivity index (χ4v) is 1.90. The molecule has 2 rings (SSSR count). The normalized spacial score (nSPS) is 19.1. The zero-order chi connectivity index (χ0) is 9.80. The van der Waals surface area contributed by atoms with Gasteiger partial charge in [-0.15, -0.1) is 0 Å². The second-order valence-electron chi connectivity index (χ2n) is 3.65. The summed E-state index contributed by atoms with van der Waals surface area (Å²) < 4.78 is 0. The molecule has 4 heteroatoms. The molecule has 2 heterocycles. The zero-order valence-electron chi connectivity index (χ0n) is 8.45. The van der Waals surface area contributed by atoms with Gasteiger partial charge in [0.05, 0.1) is 0 Å². The van der Waals surface area contributed by atoms with Crippen LogP contribution < -0.4 is 10.6 Å². The highest BCUT2D eigenvalue weighted by atomic mass is 15.0. The van der Waals surface area contributed by atoms with E-state index >= 15 is 0 Å². The number of fused-ring (bicyclic) bond motifs is 1. The van der Waals surface area contributed by atoms with Crippen molar-refractivity contribution in [3.05, 3.63) is 18.1 Å². The number of hydrogen-bond acceptors (Lipinski definition) is 4. The van der Waals surface area contributed by atoms with Gasteiger partial charge in [0.15, 0.2) is 0 Å². The molecule has 0 bridgehead atoms. The molecule has 14 heavy (non-hydrogen) atoms. The van der Waals surface area contributed by atoms with Crippen molar-refractivity contribution in [2.45, 2.75) is 18.8 Å². The molecule has 0 radical (unpaired) electrons. The monoisotopic (exact) mass is 192 g/mol. The summed E-state index contributed by atoms with van der Waals surface area (Å²) in [5, 5.41) is 6.47. The van der Waals surface area contributed by atoms with Gasteiger partial charge in [0.25, 0.3) is 0 Å². The van der Waals surface area contributed by atoms with Crippen molar-refractivity contribution in [3.63, 3.8) is 0 Å². The third-order valence-electron chi connectivity index (χ3n) is 2.68. The van der Waals surface area contributed by atoms with Gasteiger partial charge in [-0.1, -0.05) is 0 Å². The van der Waals surface area contributed by atoms with Crippen LogP contribution in [0.2, 0.25) is 0 Å². The van der Waals surface area contributed by atoms with Crippen LogP contribution in [-0.2, 0) is 0 Å². The van der Waals surface area contributed by atoms with Crippen LogP contribution in [0.25, 0.3) is 0 Å². The van der Waals surface area contributed by atoms with E-state index in [4.69, 9.17) is 0 Å². The summed E-state index contributed by atoms with van der Waals surface area (Å²) in [6.45, 7) is 2.09. The van der Waals surface area contributed by atoms with E-state index in [0.29, 0.717) is 5.92 Å². The van der Waals surface area contributed by atoms with E-state index in [-0.39, 0.29) is 0 Å². The van der Waals surface area contributed by atoms with E-state index < -0.39 is 0 Å². The van der Waals surface area contributed by atoms with E-state index in [1.165, 1.54) is 18.4 Å². The lowest BCUT2D eigenvalue weighted by Gasteiger charge is -2.08. The predicted molar refractivity (Wildman–Crippen MR) is 56.4 cm³/mol. The average Bonchev–Trinajstić information content (AvgIpc) is 2.63. The minimum absolute atomic E-state index is 0.597. The predicted octanol–water partition coefficient (Wildman–Crippen LogP) is 0.985. The van der Waals surface area contributed by atoms with Gasteiger partial charge >= 0.3 is 0 Å². The number of nitrogens with one attached hydrogen (secondary N) is 2. The van der Waals surface area contributed by atoms with Gasteiger partial charge in [-0.05, 0) is 26.4 Å². The van der Waals surface area contributed by atoms with Crippen LogP contribution in [0.5, 0.6) is 0 Å². The molecule has 0 amide bonds. The van der Waals surface area contributed by atoms with Crippen molar-refractivity contribution >= 4 is 5.82 Å². The molecule has 0 aromatic carbocycles. The first-order chi connectivity index (χ1) is 6.92. The SMILES string of the molecule is CNCCCC1CNc2ncncc21. The Morgan fingerprint density at radius 1 is 1.64 bits per heavy atom. The first-order valence-electron chi connectivity index (χ1n) is 5.10. The molecule has 1 aliphatic rings. The lowest BCUT2D eigenvalue weighted by Crippen LogP contribution is -2.10. The molecule has 0 spiro atoms. The topological polar surface area (TPSA) is 49.8 Å². The number of rotatable bonds is 4. The van der Waals surface area contributed by atoms with Crippen molar-refractivity contribution < 1.29 is 0 Å². The molecule has 1 aromatic rings. The van der Waals surface area contributed by atoms with Crippen LogP contribution in [0.15, 0.2) is 12.5 Å². The van der Waals surface area contributed by atoms with Gasteiger partial charge in [-0.2, -0.15) is 0 Å². The Morgan fingerprint density at radius 3 is 3.43 bits per heavy atom. The second kappa shape index (κ2) is 4.37. The van der Waals surface area contributed by atoms with Gasteiger partial charge < -0.3 is 10.6 Å². The Kier molecular flexibility index (Phi) is 2.93. The first kappa shape index (κ1) is 9.40. The highest BCUT2D eigenvalue weighted by molar-refractivity contribution is 5.50. The third kappa shape index (κ3) is 1.85. The van der Waals surface area contributed by atoms with E-state index in [1.807, 2.05) is 13.2 Å². The molecule has 2 N–H and O–H groups in total. The average molecular weight is 192 g/mol. The van der Waals surface area contributed by atoms with Gasteiger partial charge in [0, 0.05) is 24.2 Å². The molecule has 1 aromatic heterocycles. The number of nitrogens with zero attached hydrogens (tertiary/aromatic N) is 2. The molecule has 1 unspecified atom stereocenters. The van der Waals surface area contributed by atoms with Gasteiger partial charge in [-0.25, -0.2) is 9.97 Å². The molecular formula is C10H16N4. The summed E-state index contributed by atoms with van der Waals surface area (Å²) in [7, 11) is 1.99. The molecule has 4 nitrogen and oxygen atoms in total. The quantitative estimate of drug-likeness (QED) is 0.698. The molecule has 76 valence electrons. The summed E-state index contributed by atoms with van der Waals surface area (Å²) in [5.74, 6) is 1.62. The summed E-state index contributed by atoms with van der Waals surface area (Å²) in [6.07, 6.45) is 5.94. The summed E-state index contributed by atoms with van der Waals surface area (Å²) >= 11 is 0. The highest BCUT2D eigenvalue weighted by Crippen LogP contribution is 2.31. The minimum atomic E-state index is 0.597. The molecule has 0 saturated heterocycles. The maximum Gasteiger partial charge on any atom is 0.132 e. The second-order valence-corrected chi connectivity index (χ2v) is 3.65. The maximum absolute atomic E-state index is 4.20. The molecule has 0 aliphatic carbocycles. The van der Waals surface area contributed by atoms with Crippen molar-refractivity contribution in [1.29, 1.82) is 0 Å².